The van der Waals surface area contributed by atoms with E-state index >= 15 is 0 Å². The van der Waals surface area contributed by atoms with E-state index in [1.807, 2.05) is 6.92 Å². The van der Waals surface area contributed by atoms with Gasteiger partial charge in [0.25, 0.3) is 5.91 Å². The monoisotopic (exact) mass is 309 g/mol. The number of rotatable bonds is 8. The van der Waals surface area contributed by atoms with Crippen molar-refractivity contribution < 1.29 is 29.0 Å². The molecule has 0 bridgehead atoms. The van der Waals surface area contributed by atoms with Crippen molar-refractivity contribution in [2.24, 2.45) is 0 Å². The molecule has 0 heterocycles. The number of carboxylic acids is 1. The molecule has 0 aromatic heterocycles. The van der Waals surface area contributed by atoms with Crippen LogP contribution in [0.3, 0.4) is 0 Å². The number of para-hydroxylation sites is 1. The SMILES string of the molecule is CCCOc1ccccc1C(=O)N[C@@H](COC(C)=O)C(=O)O. The summed E-state index contributed by atoms with van der Waals surface area (Å²) in [4.78, 5) is 34.0. The Morgan fingerprint density at radius 1 is 1.27 bits per heavy atom. The van der Waals surface area contributed by atoms with Gasteiger partial charge in [-0.25, -0.2) is 4.79 Å². The third kappa shape index (κ3) is 5.43. The number of ether oxygens (including phenoxy) is 2. The number of benzene rings is 1. The lowest BCUT2D eigenvalue weighted by atomic mass is 10.1. The number of amides is 1. The molecule has 1 aromatic rings. The lowest BCUT2D eigenvalue weighted by Crippen LogP contribution is -2.44. The van der Waals surface area contributed by atoms with E-state index < -0.39 is 30.5 Å². The van der Waals surface area contributed by atoms with Gasteiger partial charge in [0, 0.05) is 6.92 Å². The van der Waals surface area contributed by atoms with Gasteiger partial charge in [-0.2, -0.15) is 0 Å². The lowest BCUT2D eigenvalue weighted by molar-refractivity contribution is -0.146. The molecule has 0 spiro atoms. The average molecular weight is 309 g/mol. The highest BCUT2D eigenvalue weighted by Crippen LogP contribution is 2.18. The average Bonchev–Trinajstić information content (AvgIpc) is 2.48. The maximum Gasteiger partial charge on any atom is 0.329 e. The van der Waals surface area contributed by atoms with Crippen LogP contribution in [0.2, 0.25) is 0 Å². The van der Waals surface area contributed by atoms with Gasteiger partial charge in [0.15, 0.2) is 6.04 Å². The Morgan fingerprint density at radius 3 is 2.55 bits per heavy atom. The normalized spacial score (nSPS) is 11.4. The van der Waals surface area contributed by atoms with Gasteiger partial charge in [0.05, 0.1) is 12.2 Å². The van der Waals surface area contributed by atoms with Gasteiger partial charge in [0.2, 0.25) is 0 Å². The van der Waals surface area contributed by atoms with E-state index in [0.717, 1.165) is 13.3 Å². The summed E-state index contributed by atoms with van der Waals surface area (Å²) in [6, 6.07) is 5.21. The lowest BCUT2D eigenvalue weighted by Gasteiger charge is -2.16. The van der Waals surface area contributed by atoms with Crippen LogP contribution in [0.25, 0.3) is 0 Å². The van der Waals surface area contributed by atoms with Crippen LogP contribution in [0.15, 0.2) is 24.3 Å². The molecule has 2 N–H and O–H groups in total. The smallest absolute Gasteiger partial charge is 0.329 e. The van der Waals surface area contributed by atoms with Crippen molar-refractivity contribution >= 4 is 17.8 Å². The summed E-state index contributed by atoms with van der Waals surface area (Å²) >= 11 is 0. The van der Waals surface area contributed by atoms with Crippen molar-refractivity contribution in [1.82, 2.24) is 5.32 Å². The number of esters is 1. The van der Waals surface area contributed by atoms with Crippen LogP contribution in [-0.4, -0.2) is 42.2 Å². The standard InChI is InChI=1S/C15H19NO6/c1-3-8-21-13-7-5-4-6-11(13)14(18)16-12(15(19)20)9-22-10(2)17/h4-7,12H,3,8-9H2,1-2H3,(H,16,18)(H,19,20)/t12-/m0/s1. The number of carbonyl (C=O) groups is 3. The highest BCUT2D eigenvalue weighted by atomic mass is 16.5. The summed E-state index contributed by atoms with van der Waals surface area (Å²) in [5.74, 6) is -2.14. The molecule has 0 aliphatic rings. The zero-order valence-corrected chi connectivity index (χ0v) is 12.5. The minimum absolute atomic E-state index is 0.227. The fourth-order valence-corrected chi connectivity index (χ4v) is 1.60. The first-order valence-electron chi connectivity index (χ1n) is 6.84. The molecule has 1 aromatic carbocycles. The predicted molar refractivity (Wildman–Crippen MR) is 77.8 cm³/mol. The number of carboxylic acid groups (broad SMARTS) is 1. The van der Waals surface area contributed by atoms with E-state index in [0.29, 0.717) is 12.4 Å². The molecule has 1 atom stereocenters. The van der Waals surface area contributed by atoms with Crippen molar-refractivity contribution in [2.75, 3.05) is 13.2 Å². The largest absolute Gasteiger partial charge is 0.493 e. The van der Waals surface area contributed by atoms with E-state index in [9.17, 15) is 14.4 Å². The minimum atomic E-state index is -1.32. The van der Waals surface area contributed by atoms with Crippen LogP contribution in [0.1, 0.15) is 30.6 Å². The molecule has 0 saturated carbocycles. The first-order valence-corrected chi connectivity index (χ1v) is 6.84. The Bertz CT molecular complexity index is 543. The third-order valence-electron chi connectivity index (χ3n) is 2.65. The summed E-state index contributed by atoms with van der Waals surface area (Å²) in [7, 11) is 0. The Labute approximate surface area is 128 Å². The summed E-state index contributed by atoms with van der Waals surface area (Å²) in [5, 5.41) is 11.4. The first-order chi connectivity index (χ1) is 10.5. The number of carbonyl (C=O) groups excluding carboxylic acids is 2. The molecule has 0 aliphatic heterocycles. The van der Waals surface area contributed by atoms with Crippen molar-refractivity contribution in [3.63, 3.8) is 0 Å². The molecule has 0 fully saturated rings. The zero-order valence-electron chi connectivity index (χ0n) is 12.5. The van der Waals surface area contributed by atoms with Gasteiger partial charge in [-0.1, -0.05) is 19.1 Å². The zero-order chi connectivity index (χ0) is 16.5. The van der Waals surface area contributed by atoms with E-state index in [1.165, 1.54) is 6.07 Å². The molecule has 0 radical (unpaired) electrons. The van der Waals surface area contributed by atoms with E-state index in [-0.39, 0.29) is 5.56 Å². The second kappa shape index (κ2) is 8.66. The molecule has 1 rings (SSSR count). The minimum Gasteiger partial charge on any atom is -0.493 e. The van der Waals surface area contributed by atoms with Gasteiger partial charge >= 0.3 is 11.9 Å². The fourth-order valence-electron chi connectivity index (χ4n) is 1.60. The van der Waals surface area contributed by atoms with Gasteiger partial charge in [-0.05, 0) is 18.6 Å². The third-order valence-corrected chi connectivity index (χ3v) is 2.65. The van der Waals surface area contributed by atoms with Crippen molar-refractivity contribution in [2.45, 2.75) is 26.3 Å². The topological polar surface area (TPSA) is 102 Å². The predicted octanol–water partition coefficient (Wildman–Crippen LogP) is 1.22. The molecule has 7 nitrogen and oxygen atoms in total. The molecular weight excluding hydrogens is 290 g/mol. The summed E-state index contributed by atoms with van der Waals surface area (Å²) in [6.45, 7) is 3.10. The fraction of sp³-hybridized carbons (Fsp3) is 0.400. The van der Waals surface area contributed by atoms with Crippen molar-refractivity contribution in [3.05, 3.63) is 29.8 Å². The number of hydrogen-bond donors (Lipinski definition) is 2. The van der Waals surface area contributed by atoms with Gasteiger partial charge in [0.1, 0.15) is 12.4 Å². The van der Waals surface area contributed by atoms with Crippen LogP contribution >= 0.6 is 0 Å². The highest BCUT2D eigenvalue weighted by molar-refractivity contribution is 5.99. The van der Waals surface area contributed by atoms with Crippen molar-refractivity contribution in [1.29, 1.82) is 0 Å². The van der Waals surface area contributed by atoms with Gasteiger partial charge < -0.3 is 19.9 Å². The Hall–Kier alpha value is -2.57. The molecule has 1 amide bonds. The summed E-state index contributed by atoms with van der Waals surface area (Å²) in [5.41, 5.74) is 0.227. The van der Waals surface area contributed by atoms with Crippen molar-refractivity contribution in [3.8, 4) is 5.75 Å². The van der Waals surface area contributed by atoms with E-state index in [2.05, 4.69) is 10.1 Å². The molecule has 0 aliphatic carbocycles. The Kier molecular flexibility index (Phi) is 6.88. The summed E-state index contributed by atoms with van der Waals surface area (Å²) in [6.07, 6.45) is 0.778. The number of aliphatic carboxylic acids is 1. The number of nitrogens with one attached hydrogen (secondary N) is 1. The van der Waals surface area contributed by atoms with Crippen LogP contribution in [-0.2, 0) is 14.3 Å². The highest BCUT2D eigenvalue weighted by Gasteiger charge is 2.23. The van der Waals surface area contributed by atoms with Crippen LogP contribution in [0, 0.1) is 0 Å². The number of hydrogen-bond acceptors (Lipinski definition) is 5. The van der Waals surface area contributed by atoms with Gasteiger partial charge in [-0.15, -0.1) is 0 Å². The summed E-state index contributed by atoms with van der Waals surface area (Å²) < 4.78 is 10.1. The van der Waals surface area contributed by atoms with Crippen LogP contribution in [0.4, 0.5) is 0 Å². The second-order valence-corrected chi connectivity index (χ2v) is 4.51. The molecular formula is C15H19NO6. The molecule has 7 heteroatoms. The Balaban J connectivity index is 2.81. The first kappa shape index (κ1) is 17.5. The molecule has 0 unspecified atom stereocenters. The maximum atomic E-state index is 12.2. The second-order valence-electron chi connectivity index (χ2n) is 4.51. The Morgan fingerprint density at radius 2 is 1.95 bits per heavy atom. The molecule has 22 heavy (non-hydrogen) atoms. The van der Waals surface area contributed by atoms with Crippen LogP contribution in [0.5, 0.6) is 5.75 Å². The van der Waals surface area contributed by atoms with E-state index in [1.54, 1.807) is 18.2 Å². The molecule has 0 saturated heterocycles. The molecule has 120 valence electrons. The van der Waals surface area contributed by atoms with E-state index in [4.69, 9.17) is 9.84 Å². The van der Waals surface area contributed by atoms with Gasteiger partial charge in [-0.3, -0.25) is 9.59 Å². The quantitative estimate of drug-likeness (QED) is 0.700. The maximum absolute atomic E-state index is 12.2. The van der Waals surface area contributed by atoms with Crippen LogP contribution < -0.4 is 10.1 Å².